The Morgan fingerprint density at radius 2 is 1.89 bits per heavy atom. The number of halogens is 1. The second-order valence-corrected chi connectivity index (χ2v) is 4.81. The van der Waals surface area contributed by atoms with E-state index in [2.05, 4.69) is 15.9 Å². The molecule has 0 aliphatic carbocycles. The fraction of sp³-hybridized carbons (Fsp3) is 0.0625. The molecule has 0 unspecified atom stereocenters. The number of allylic oxidation sites excluding steroid dienone is 1. The number of hydrogen-bond donors (Lipinski definition) is 0. The highest BCUT2D eigenvalue weighted by Crippen LogP contribution is 2.26. The van der Waals surface area contributed by atoms with Gasteiger partial charge in [-0.2, -0.15) is 0 Å². The fourth-order valence-corrected chi connectivity index (χ4v) is 2.06. The van der Waals surface area contributed by atoms with E-state index in [-0.39, 0.29) is 5.78 Å². The summed E-state index contributed by atoms with van der Waals surface area (Å²) in [5.41, 5.74) is 1.60. The Balaban J connectivity index is 2.17. The van der Waals surface area contributed by atoms with E-state index in [1.807, 2.05) is 36.4 Å². The van der Waals surface area contributed by atoms with Crippen molar-refractivity contribution < 1.29 is 9.53 Å². The lowest BCUT2D eigenvalue weighted by Crippen LogP contribution is -1.92. The van der Waals surface area contributed by atoms with Gasteiger partial charge in [0, 0.05) is 5.56 Å². The molecule has 2 nitrogen and oxygen atoms in total. The maximum absolute atomic E-state index is 11.9. The summed E-state index contributed by atoms with van der Waals surface area (Å²) in [6.07, 6.45) is 3.35. The van der Waals surface area contributed by atoms with E-state index in [0.717, 1.165) is 15.8 Å². The van der Waals surface area contributed by atoms with Crippen molar-refractivity contribution in [2.24, 2.45) is 0 Å². The van der Waals surface area contributed by atoms with Crippen LogP contribution in [0.2, 0.25) is 0 Å². The molecule has 0 saturated carbocycles. The number of rotatable bonds is 4. The van der Waals surface area contributed by atoms with Crippen molar-refractivity contribution in [2.45, 2.75) is 0 Å². The summed E-state index contributed by atoms with van der Waals surface area (Å²) in [6, 6.07) is 14.9. The minimum atomic E-state index is -0.0116. The fourth-order valence-electron chi connectivity index (χ4n) is 1.65. The SMILES string of the molecule is COc1cc(/C=C/C(=O)c2ccccc2)ccc1Br. The molecular formula is C16H13BrO2. The van der Waals surface area contributed by atoms with E-state index in [4.69, 9.17) is 4.74 Å². The van der Waals surface area contributed by atoms with Gasteiger partial charge in [0.2, 0.25) is 0 Å². The number of carbonyl (C=O) groups is 1. The number of ketones is 1. The van der Waals surface area contributed by atoms with Crippen molar-refractivity contribution in [3.05, 3.63) is 70.2 Å². The first kappa shape index (κ1) is 13.6. The standard InChI is InChI=1S/C16H13BrO2/c1-19-16-11-12(7-9-14(16)17)8-10-15(18)13-5-3-2-4-6-13/h2-11H,1H3/b10-8+. The van der Waals surface area contributed by atoms with Crippen molar-refractivity contribution in [3.63, 3.8) is 0 Å². The maximum atomic E-state index is 11.9. The number of ether oxygens (including phenoxy) is 1. The van der Waals surface area contributed by atoms with Gasteiger partial charge in [0.1, 0.15) is 5.75 Å². The highest BCUT2D eigenvalue weighted by Gasteiger charge is 2.02. The molecule has 0 spiro atoms. The molecular weight excluding hydrogens is 304 g/mol. The van der Waals surface area contributed by atoms with Crippen molar-refractivity contribution in [1.29, 1.82) is 0 Å². The Kier molecular flexibility index (Phi) is 4.53. The van der Waals surface area contributed by atoms with E-state index in [9.17, 15) is 4.79 Å². The minimum absolute atomic E-state index is 0.0116. The summed E-state index contributed by atoms with van der Waals surface area (Å²) in [6.45, 7) is 0. The lowest BCUT2D eigenvalue weighted by Gasteiger charge is -2.03. The van der Waals surface area contributed by atoms with Crippen LogP contribution in [0.15, 0.2) is 59.1 Å². The first-order chi connectivity index (χ1) is 9.20. The number of hydrogen-bond acceptors (Lipinski definition) is 2. The zero-order valence-corrected chi connectivity index (χ0v) is 12.1. The van der Waals surface area contributed by atoms with Gasteiger partial charge in [0.25, 0.3) is 0 Å². The quantitative estimate of drug-likeness (QED) is 0.619. The molecule has 19 heavy (non-hydrogen) atoms. The summed E-state index contributed by atoms with van der Waals surface area (Å²) < 4.78 is 6.10. The van der Waals surface area contributed by atoms with E-state index < -0.39 is 0 Å². The zero-order valence-electron chi connectivity index (χ0n) is 10.5. The van der Waals surface area contributed by atoms with Gasteiger partial charge >= 0.3 is 0 Å². The van der Waals surface area contributed by atoms with Crippen LogP contribution < -0.4 is 4.74 Å². The minimum Gasteiger partial charge on any atom is -0.496 e. The molecule has 2 aromatic carbocycles. The highest BCUT2D eigenvalue weighted by molar-refractivity contribution is 9.10. The summed E-state index contributed by atoms with van der Waals surface area (Å²) in [5.74, 6) is 0.733. The molecule has 0 amide bonds. The predicted octanol–water partition coefficient (Wildman–Crippen LogP) is 4.35. The molecule has 0 N–H and O–H groups in total. The van der Waals surface area contributed by atoms with Crippen LogP contribution in [-0.2, 0) is 0 Å². The number of carbonyl (C=O) groups excluding carboxylic acids is 1. The van der Waals surface area contributed by atoms with E-state index in [1.165, 1.54) is 0 Å². The van der Waals surface area contributed by atoms with Gasteiger partial charge in [-0.1, -0.05) is 42.5 Å². The third-order valence-corrected chi connectivity index (χ3v) is 3.32. The first-order valence-corrected chi connectivity index (χ1v) is 6.61. The average molecular weight is 317 g/mol. The highest BCUT2D eigenvalue weighted by atomic mass is 79.9. The van der Waals surface area contributed by atoms with Crippen LogP contribution in [0.3, 0.4) is 0 Å². The monoisotopic (exact) mass is 316 g/mol. The molecule has 0 aliphatic rings. The van der Waals surface area contributed by atoms with Crippen LogP contribution in [0.5, 0.6) is 5.75 Å². The topological polar surface area (TPSA) is 26.3 Å². The largest absolute Gasteiger partial charge is 0.496 e. The number of benzene rings is 2. The van der Waals surface area contributed by atoms with Crippen molar-refractivity contribution in [2.75, 3.05) is 7.11 Å². The molecule has 0 heterocycles. The Labute approximate surface area is 120 Å². The van der Waals surface area contributed by atoms with E-state index in [0.29, 0.717) is 5.56 Å². The molecule has 3 heteroatoms. The van der Waals surface area contributed by atoms with Gasteiger partial charge in [-0.25, -0.2) is 0 Å². The summed E-state index contributed by atoms with van der Waals surface area (Å²) >= 11 is 3.39. The Morgan fingerprint density at radius 3 is 2.58 bits per heavy atom. The Hall–Kier alpha value is -1.87. The van der Waals surface area contributed by atoms with Gasteiger partial charge < -0.3 is 4.74 Å². The third kappa shape index (κ3) is 3.55. The predicted molar refractivity (Wildman–Crippen MR) is 80.5 cm³/mol. The second-order valence-electron chi connectivity index (χ2n) is 3.96. The molecule has 0 aliphatic heterocycles. The second kappa shape index (κ2) is 6.34. The van der Waals surface area contributed by atoms with Gasteiger partial charge in [0.15, 0.2) is 5.78 Å². The molecule has 0 aromatic heterocycles. The molecule has 0 fully saturated rings. The van der Waals surface area contributed by atoms with Gasteiger partial charge in [0.05, 0.1) is 11.6 Å². The summed E-state index contributed by atoms with van der Waals surface area (Å²) in [5, 5.41) is 0. The van der Waals surface area contributed by atoms with Crippen LogP contribution in [-0.4, -0.2) is 12.9 Å². The van der Waals surface area contributed by atoms with Crippen LogP contribution in [0.25, 0.3) is 6.08 Å². The van der Waals surface area contributed by atoms with Gasteiger partial charge in [-0.3, -0.25) is 4.79 Å². The van der Waals surface area contributed by atoms with Crippen LogP contribution in [0.4, 0.5) is 0 Å². The summed E-state index contributed by atoms with van der Waals surface area (Å²) in [7, 11) is 1.61. The van der Waals surface area contributed by atoms with Crippen LogP contribution in [0, 0.1) is 0 Å². The van der Waals surface area contributed by atoms with Crippen molar-refractivity contribution in [3.8, 4) is 5.75 Å². The van der Waals surface area contributed by atoms with Crippen molar-refractivity contribution >= 4 is 27.8 Å². The maximum Gasteiger partial charge on any atom is 0.185 e. The molecule has 2 rings (SSSR count). The molecule has 0 saturated heterocycles. The smallest absolute Gasteiger partial charge is 0.185 e. The van der Waals surface area contributed by atoms with Gasteiger partial charge in [-0.05, 0) is 39.7 Å². The molecule has 0 bridgehead atoms. The Morgan fingerprint density at radius 1 is 1.16 bits per heavy atom. The molecule has 2 aromatic rings. The van der Waals surface area contributed by atoms with E-state index >= 15 is 0 Å². The summed E-state index contributed by atoms with van der Waals surface area (Å²) in [4.78, 5) is 11.9. The lowest BCUT2D eigenvalue weighted by atomic mass is 10.1. The average Bonchev–Trinajstić information content (AvgIpc) is 2.47. The molecule has 0 atom stereocenters. The van der Waals surface area contributed by atoms with Crippen LogP contribution >= 0.6 is 15.9 Å². The van der Waals surface area contributed by atoms with E-state index in [1.54, 1.807) is 31.4 Å². The van der Waals surface area contributed by atoms with Crippen LogP contribution in [0.1, 0.15) is 15.9 Å². The third-order valence-electron chi connectivity index (χ3n) is 2.66. The lowest BCUT2D eigenvalue weighted by molar-refractivity contribution is 0.104. The van der Waals surface area contributed by atoms with Crippen molar-refractivity contribution in [1.82, 2.24) is 0 Å². The normalized spacial score (nSPS) is 10.6. The zero-order chi connectivity index (χ0) is 13.7. The number of methoxy groups -OCH3 is 1. The van der Waals surface area contributed by atoms with Gasteiger partial charge in [-0.15, -0.1) is 0 Å². The molecule has 0 radical (unpaired) electrons. The molecule has 96 valence electrons. The first-order valence-electron chi connectivity index (χ1n) is 5.81. The Bertz CT molecular complexity index is 603.